The summed E-state index contributed by atoms with van der Waals surface area (Å²) in [7, 11) is 1.39. The molecule has 0 unspecified atom stereocenters. The molecule has 0 fully saturated rings. The van der Waals surface area contributed by atoms with Crippen molar-refractivity contribution in [1.29, 1.82) is 0 Å². The third-order valence-corrected chi connectivity index (χ3v) is 4.60. The van der Waals surface area contributed by atoms with Gasteiger partial charge < -0.3 is 0 Å². The Balaban J connectivity index is 2.25. The van der Waals surface area contributed by atoms with E-state index in [1.807, 2.05) is 43.3 Å². The van der Waals surface area contributed by atoms with Crippen molar-refractivity contribution in [2.75, 3.05) is 0 Å². The van der Waals surface area contributed by atoms with Crippen LogP contribution in [-0.2, 0) is 7.05 Å². The molecule has 2 aromatic rings. The quantitative estimate of drug-likeness (QED) is 0.494. The maximum absolute atomic E-state index is 12.5. The van der Waals surface area contributed by atoms with E-state index < -0.39 is 11.2 Å². The number of fused-ring (bicyclic) bond motifs is 2. The average molecular weight is 353 g/mol. The van der Waals surface area contributed by atoms with E-state index in [4.69, 9.17) is 11.6 Å². The molecule has 0 aromatic heterocycles. The molecule has 0 N–H and O–H groups in total. The molecule has 0 bridgehead atoms. The predicted molar refractivity (Wildman–Crippen MR) is 96.7 cm³/mol. The highest BCUT2D eigenvalue weighted by Crippen LogP contribution is 2.27. The van der Waals surface area contributed by atoms with Crippen molar-refractivity contribution < 1.29 is 0 Å². The predicted octanol–water partition coefficient (Wildman–Crippen LogP) is 2.55. The molecule has 2 aromatic carbocycles. The minimum Gasteiger partial charge on any atom is -0.291 e. The molecule has 0 aliphatic carbocycles. The van der Waals surface area contributed by atoms with Gasteiger partial charge in [0.15, 0.2) is 11.5 Å². The lowest BCUT2D eigenvalue weighted by molar-refractivity contribution is 0.759. The molecule has 0 spiro atoms. The summed E-state index contributed by atoms with van der Waals surface area (Å²) in [6, 6.07) is 12.9. The zero-order chi connectivity index (χ0) is 17.7. The Morgan fingerprint density at radius 3 is 2.56 bits per heavy atom. The first kappa shape index (κ1) is 15.5. The van der Waals surface area contributed by atoms with Crippen LogP contribution in [0.5, 0.6) is 0 Å². The van der Waals surface area contributed by atoms with Crippen molar-refractivity contribution in [3.05, 3.63) is 73.9 Å². The standard InChI is InChI=1S/C18H13ClN4O2/c1-10-9-11(7-8-12(10)19)23-14-6-4-3-5-13(14)20-15-16(23)21-18(25)22(2)17(15)24/h3-9H,1-2H3. The fourth-order valence-corrected chi connectivity index (χ4v) is 2.94. The second-order valence-electron chi connectivity index (χ2n) is 5.80. The highest BCUT2D eigenvalue weighted by atomic mass is 35.5. The third-order valence-electron chi connectivity index (χ3n) is 4.17. The highest BCUT2D eigenvalue weighted by Gasteiger charge is 2.21. The van der Waals surface area contributed by atoms with Gasteiger partial charge in [0.1, 0.15) is 0 Å². The number of hydrogen-bond donors (Lipinski definition) is 0. The second-order valence-corrected chi connectivity index (χ2v) is 6.21. The Morgan fingerprint density at radius 1 is 1.04 bits per heavy atom. The first-order valence-corrected chi connectivity index (χ1v) is 8.00. The number of rotatable bonds is 1. The van der Waals surface area contributed by atoms with Crippen molar-refractivity contribution in [2.24, 2.45) is 7.05 Å². The van der Waals surface area contributed by atoms with Crippen LogP contribution in [0, 0.1) is 6.92 Å². The van der Waals surface area contributed by atoms with Crippen LogP contribution in [-0.4, -0.2) is 19.1 Å². The number of halogens is 1. The van der Waals surface area contributed by atoms with E-state index in [1.165, 1.54) is 7.05 Å². The Hall–Kier alpha value is -2.99. The summed E-state index contributed by atoms with van der Waals surface area (Å²) in [5, 5.41) is 0.639. The van der Waals surface area contributed by atoms with E-state index in [-0.39, 0.29) is 11.5 Å². The van der Waals surface area contributed by atoms with Crippen LogP contribution in [0.2, 0.25) is 5.02 Å². The number of para-hydroxylation sites is 2. The lowest BCUT2D eigenvalue weighted by Crippen LogP contribution is -2.36. The molecule has 7 heteroatoms. The van der Waals surface area contributed by atoms with Crippen molar-refractivity contribution >= 4 is 22.6 Å². The molecule has 0 saturated heterocycles. The summed E-state index contributed by atoms with van der Waals surface area (Å²) < 4.78 is 2.73. The number of aryl methyl sites for hydroxylation is 1. The number of benzene rings is 2. The maximum atomic E-state index is 12.5. The van der Waals surface area contributed by atoms with E-state index in [1.54, 1.807) is 10.6 Å². The zero-order valence-electron chi connectivity index (χ0n) is 13.5. The second kappa shape index (κ2) is 5.53. The molecule has 4 rings (SSSR count). The lowest BCUT2D eigenvalue weighted by atomic mass is 10.2. The van der Waals surface area contributed by atoms with Crippen molar-refractivity contribution in [3.63, 3.8) is 0 Å². The van der Waals surface area contributed by atoms with Crippen molar-refractivity contribution in [2.45, 2.75) is 6.92 Å². The highest BCUT2D eigenvalue weighted by molar-refractivity contribution is 6.31. The van der Waals surface area contributed by atoms with Gasteiger partial charge >= 0.3 is 5.69 Å². The number of aromatic nitrogens is 4. The Morgan fingerprint density at radius 2 is 1.80 bits per heavy atom. The van der Waals surface area contributed by atoms with Gasteiger partial charge in [-0.3, -0.25) is 13.9 Å². The van der Waals surface area contributed by atoms with Crippen LogP contribution >= 0.6 is 11.6 Å². The first-order chi connectivity index (χ1) is 12.0. The van der Waals surface area contributed by atoms with Gasteiger partial charge in [-0.25, -0.2) is 9.78 Å². The van der Waals surface area contributed by atoms with Crippen molar-refractivity contribution in [1.82, 2.24) is 19.1 Å². The molecule has 124 valence electrons. The fraction of sp³-hybridized carbons (Fsp3) is 0.111. The van der Waals surface area contributed by atoms with Gasteiger partial charge in [-0.1, -0.05) is 23.7 Å². The van der Waals surface area contributed by atoms with E-state index in [9.17, 15) is 9.59 Å². The fourth-order valence-electron chi connectivity index (χ4n) is 2.83. The summed E-state index contributed by atoms with van der Waals surface area (Å²) in [6.07, 6.45) is 0. The molecule has 2 aliphatic heterocycles. The maximum Gasteiger partial charge on any atom is 0.352 e. The van der Waals surface area contributed by atoms with Gasteiger partial charge in [0.05, 0.1) is 11.0 Å². The van der Waals surface area contributed by atoms with Crippen LogP contribution in [0.3, 0.4) is 0 Å². The minimum absolute atomic E-state index is 0.147. The molecule has 6 nitrogen and oxygen atoms in total. The van der Waals surface area contributed by atoms with Gasteiger partial charge in [-0.2, -0.15) is 4.98 Å². The molecule has 0 radical (unpaired) electrons. The molecule has 0 atom stereocenters. The molecule has 2 heterocycles. The smallest absolute Gasteiger partial charge is 0.291 e. The van der Waals surface area contributed by atoms with E-state index in [2.05, 4.69) is 9.97 Å². The minimum atomic E-state index is -0.617. The summed E-state index contributed by atoms with van der Waals surface area (Å²) in [4.78, 5) is 33.1. The van der Waals surface area contributed by atoms with Crippen molar-refractivity contribution in [3.8, 4) is 17.2 Å². The SMILES string of the molecule is Cc1cc(-n2c3nc(=O)n(C)c(=O)c-3nc3ccccc32)ccc1Cl. The van der Waals surface area contributed by atoms with E-state index in [0.717, 1.165) is 21.3 Å². The average Bonchev–Trinajstić information content (AvgIpc) is 2.61. The molecular weight excluding hydrogens is 340 g/mol. The number of nitrogens with zero attached hydrogens (tertiary/aromatic N) is 4. The largest absolute Gasteiger partial charge is 0.352 e. The summed E-state index contributed by atoms with van der Waals surface area (Å²) >= 11 is 6.14. The zero-order valence-corrected chi connectivity index (χ0v) is 14.3. The lowest BCUT2D eigenvalue weighted by Gasteiger charge is -2.18. The Kier molecular flexibility index (Phi) is 3.43. The van der Waals surface area contributed by atoms with Crippen LogP contribution in [0.15, 0.2) is 52.1 Å². The molecule has 0 amide bonds. The molecule has 0 saturated carbocycles. The monoisotopic (exact) mass is 352 g/mol. The molecule has 2 aliphatic rings. The summed E-state index contributed by atoms with van der Waals surface area (Å²) in [5.41, 5.74) is 2.08. The van der Waals surface area contributed by atoms with Crippen LogP contribution < -0.4 is 11.2 Å². The van der Waals surface area contributed by atoms with E-state index >= 15 is 0 Å². The van der Waals surface area contributed by atoms with Crippen LogP contribution in [0.4, 0.5) is 0 Å². The Bertz CT molecular complexity index is 1230. The van der Waals surface area contributed by atoms with Gasteiger partial charge in [0.2, 0.25) is 0 Å². The van der Waals surface area contributed by atoms with Gasteiger partial charge in [-0.15, -0.1) is 0 Å². The Labute approximate surface area is 147 Å². The third kappa shape index (κ3) is 2.34. The summed E-state index contributed by atoms with van der Waals surface area (Å²) in [5.74, 6) is 0.230. The van der Waals surface area contributed by atoms with Crippen LogP contribution in [0.25, 0.3) is 28.2 Å². The topological polar surface area (TPSA) is 69.8 Å². The first-order valence-electron chi connectivity index (χ1n) is 7.62. The van der Waals surface area contributed by atoms with Gasteiger partial charge in [0, 0.05) is 17.8 Å². The molecule has 25 heavy (non-hydrogen) atoms. The molecular formula is C18H13ClN4O2. The van der Waals surface area contributed by atoms with Gasteiger partial charge in [-0.05, 0) is 42.8 Å². The van der Waals surface area contributed by atoms with Gasteiger partial charge in [0.25, 0.3) is 5.56 Å². The summed E-state index contributed by atoms with van der Waals surface area (Å²) in [6.45, 7) is 1.89. The normalized spacial score (nSPS) is 11.3. The number of hydrogen-bond acceptors (Lipinski definition) is 4. The van der Waals surface area contributed by atoms with E-state index in [0.29, 0.717) is 10.5 Å². The van der Waals surface area contributed by atoms with Crippen LogP contribution in [0.1, 0.15) is 5.56 Å².